The third-order valence-electron chi connectivity index (χ3n) is 3.85. The summed E-state index contributed by atoms with van der Waals surface area (Å²) in [6.07, 6.45) is 4.01. The van der Waals surface area contributed by atoms with Crippen molar-refractivity contribution in [2.75, 3.05) is 20.2 Å². The number of ether oxygens (including phenoxy) is 1. The van der Waals surface area contributed by atoms with Gasteiger partial charge in [-0.25, -0.2) is 4.79 Å². The molecule has 104 valence electrons. The van der Waals surface area contributed by atoms with Crippen LogP contribution >= 0.6 is 0 Å². The molecule has 0 aromatic rings. The van der Waals surface area contributed by atoms with Crippen molar-refractivity contribution in [2.24, 2.45) is 5.92 Å². The van der Waals surface area contributed by atoms with Gasteiger partial charge in [-0.2, -0.15) is 0 Å². The van der Waals surface area contributed by atoms with Crippen LogP contribution in [0.25, 0.3) is 0 Å². The SMILES string of the molecule is CC(NC(=O)N(C)CC(O)C1CC1)C1CCCO1. The van der Waals surface area contributed by atoms with E-state index >= 15 is 0 Å². The number of aliphatic hydroxyl groups is 1. The van der Waals surface area contributed by atoms with E-state index in [-0.39, 0.29) is 24.3 Å². The minimum absolute atomic E-state index is 0.0283. The van der Waals surface area contributed by atoms with Crippen LogP contribution in [0, 0.1) is 5.92 Å². The van der Waals surface area contributed by atoms with Crippen LogP contribution in [-0.4, -0.2) is 54.5 Å². The maximum Gasteiger partial charge on any atom is 0.317 e. The first-order valence-corrected chi connectivity index (χ1v) is 6.89. The molecule has 2 aliphatic rings. The average Bonchev–Trinajstić information content (AvgIpc) is 3.04. The zero-order valence-corrected chi connectivity index (χ0v) is 11.3. The molecule has 1 saturated carbocycles. The van der Waals surface area contributed by atoms with Gasteiger partial charge in [0, 0.05) is 20.2 Å². The Labute approximate surface area is 108 Å². The minimum Gasteiger partial charge on any atom is -0.391 e. The molecule has 1 aliphatic heterocycles. The summed E-state index contributed by atoms with van der Waals surface area (Å²) in [5, 5.41) is 12.7. The Morgan fingerprint density at radius 3 is 2.78 bits per heavy atom. The van der Waals surface area contributed by atoms with Crippen LogP contribution in [-0.2, 0) is 4.74 Å². The second-order valence-corrected chi connectivity index (χ2v) is 5.57. The molecule has 5 nitrogen and oxygen atoms in total. The number of carbonyl (C=O) groups is 1. The predicted molar refractivity (Wildman–Crippen MR) is 68.3 cm³/mol. The van der Waals surface area contributed by atoms with Crippen LogP contribution < -0.4 is 5.32 Å². The number of hydrogen-bond donors (Lipinski definition) is 2. The maximum atomic E-state index is 11.9. The van der Waals surface area contributed by atoms with E-state index in [2.05, 4.69) is 5.32 Å². The summed E-state index contributed by atoms with van der Waals surface area (Å²) in [4.78, 5) is 13.5. The van der Waals surface area contributed by atoms with Gasteiger partial charge in [-0.05, 0) is 38.5 Å². The van der Waals surface area contributed by atoms with Crippen molar-refractivity contribution >= 4 is 6.03 Å². The summed E-state index contributed by atoms with van der Waals surface area (Å²) in [5.74, 6) is 0.399. The van der Waals surface area contributed by atoms with Crippen LogP contribution in [0.1, 0.15) is 32.6 Å². The van der Waals surface area contributed by atoms with E-state index in [0.29, 0.717) is 12.5 Å². The molecule has 2 N–H and O–H groups in total. The van der Waals surface area contributed by atoms with Crippen molar-refractivity contribution in [3.8, 4) is 0 Å². The fourth-order valence-corrected chi connectivity index (χ4v) is 2.39. The van der Waals surface area contributed by atoms with Crippen LogP contribution in [0.2, 0.25) is 0 Å². The van der Waals surface area contributed by atoms with Gasteiger partial charge in [-0.1, -0.05) is 0 Å². The van der Waals surface area contributed by atoms with Crippen molar-refractivity contribution in [3.05, 3.63) is 0 Å². The van der Waals surface area contributed by atoms with E-state index in [4.69, 9.17) is 4.74 Å². The van der Waals surface area contributed by atoms with Gasteiger partial charge in [-0.15, -0.1) is 0 Å². The maximum absolute atomic E-state index is 11.9. The normalized spacial score (nSPS) is 26.7. The van der Waals surface area contributed by atoms with Gasteiger partial charge in [0.25, 0.3) is 0 Å². The second kappa shape index (κ2) is 5.89. The number of urea groups is 1. The Bertz CT molecular complexity index is 288. The standard InChI is InChI=1S/C13H24N2O3/c1-9(12-4-3-7-18-12)14-13(17)15(2)8-11(16)10-5-6-10/h9-12,16H,3-8H2,1-2H3,(H,14,17). The predicted octanol–water partition coefficient (Wildman–Crippen LogP) is 0.966. The monoisotopic (exact) mass is 256 g/mol. The van der Waals surface area contributed by atoms with Gasteiger partial charge < -0.3 is 20.1 Å². The molecule has 0 radical (unpaired) electrons. The number of amides is 2. The number of aliphatic hydroxyl groups excluding tert-OH is 1. The highest BCUT2D eigenvalue weighted by atomic mass is 16.5. The highest BCUT2D eigenvalue weighted by molar-refractivity contribution is 5.74. The molecule has 0 bridgehead atoms. The zero-order valence-electron chi connectivity index (χ0n) is 11.3. The quantitative estimate of drug-likeness (QED) is 0.770. The molecule has 1 heterocycles. The van der Waals surface area contributed by atoms with E-state index in [1.54, 1.807) is 11.9 Å². The number of nitrogens with zero attached hydrogens (tertiary/aromatic N) is 1. The fraction of sp³-hybridized carbons (Fsp3) is 0.923. The topological polar surface area (TPSA) is 61.8 Å². The average molecular weight is 256 g/mol. The van der Waals surface area contributed by atoms with E-state index in [1.807, 2.05) is 6.92 Å². The summed E-state index contributed by atoms with van der Waals surface area (Å²) in [6, 6.07) is -0.0989. The van der Waals surface area contributed by atoms with Gasteiger partial charge in [-0.3, -0.25) is 0 Å². The van der Waals surface area contributed by atoms with E-state index in [9.17, 15) is 9.90 Å². The van der Waals surface area contributed by atoms with Gasteiger partial charge >= 0.3 is 6.03 Å². The third-order valence-corrected chi connectivity index (χ3v) is 3.85. The lowest BCUT2D eigenvalue weighted by Crippen LogP contribution is -2.48. The molecule has 5 heteroatoms. The Kier molecular flexibility index (Phi) is 4.45. The lowest BCUT2D eigenvalue weighted by molar-refractivity contribution is 0.0801. The smallest absolute Gasteiger partial charge is 0.317 e. The molecule has 1 aliphatic carbocycles. The van der Waals surface area contributed by atoms with E-state index in [0.717, 1.165) is 32.3 Å². The van der Waals surface area contributed by atoms with Crippen LogP contribution in [0.15, 0.2) is 0 Å². The van der Waals surface area contributed by atoms with Crippen molar-refractivity contribution in [1.29, 1.82) is 0 Å². The van der Waals surface area contributed by atoms with Crippen molar-refractivity contribution in [2.45, 2.75) is 50.9 Å². The molecule has 2 rings (SSSR count). The van der Waals surface area contributed by atoms with Crippen LogP contribution in [0.4, 0.5) is 4.79 Å². The van der Waals surface area contributed by atoms with Gasteiger partial charge in [0.2, 0.25) is 0 Å². The summed E-state index contributed by atoms with van der Waals surface area (Å²) in [7, 11) is 1.73. The Morgan fingerprint density at radius 1 is 1.50 bits per heavy atom. The highest BCUT2D eigenvalue weighted by Gasteiger charge is 2.31. The zero-order chi connectivity index (χ0) is 13.1. The summed E-state index contributed by atoms with van der Waals surface area (Å²) >= 11 is 0. The number of hydrogen-bond acceptors (Lipinski definition) is 3. The summed E-state index contributed by atoms with van der Waals surface area (Å²) < 4.78 is 5.54. The van der Waals surface area contributed by atoms with Crippen LogP contribution in [0.5, 0.6) is 0 Å². The second-order valence-electron chi connectivity index (χ2n) is 5.57. The molecule has 2 fully saturated rings. The molecule has 3 unspecified atom stereocenters. The molecular weight excluding hydrogens is 232 g/mol. The Morgan fingerprint density at radius 2 is 2.22 bits per heavy atom. The molecule has 0 aromatic heterocycles. The third kappa shape index (κ3) is 3.59. The molecule has 18 heavy (non-hydrogen) atoms. The first-order valence-electron chi connectivity index (χ1n) is 6.89. The van der Waals surface area contributed by atoms with Crippen molar-refractivity contribution in [1.82, 2.24) is 10.2 Å². The fourth-order valence-electron chi connectivity index (χ4n) is 2.39. The number of nitrogens with one attached hydrogen (secondary N) is 1. The van der Waals surface area contributed by atoms with E-state index in [1.165, 1.54) is 0 Å². The van der Waals surface area contributed by atoms with E-state index < -0.39 is 0 Å². The molecule has 0 spiro atoms. The van der Waals surface area contributed by atoms with Crippen LogP contribution in [0.3, 0.4) is 0 Å². The van der Waals surface area contributed by atoms with Gasteiger partial charge in [0.05, 0.1) is 18.2 Å². The number of rotatable bonds is 5. The summed E-state index contributed by atoms with van der Waals surface area (Å²) in [5.41, 5.74) is 0. The molecule has 1 saturated heterocycles. The van der Waals surface area contributed by atoms with Gasteiger partial charge in [0.15, 0.2) is 0 Å². The largest absolute Gasteiger partial charge is 0.391 e. The van der Waals surface area contributed by atoms with Crippen molar-refractivity contribution < 1.29 is 14.6 Å². The first-order chi connectivity index (χ1) is 8.58. The molecular formula is C13H24N2O3. The Balaban J connectivity index is 1.71. The summed E-state index contributed by atoms with van der Waals surface area (Å²) in [6.45, 7) is 3.18. The highest BCUT2D eigenvalue weighted by Crippen LogP contribution is 2.32. The lowest BCUT2D eigenvalue weighted by Gasteiger charge is -2.25. The van der Waals surface area contributed by atoms with Crippen molar-refractivity contribution in [3.63, 3.8) is 0 Å². The van der Waals surface area contributed by atoms with Gasteiger partial charge in [0.1, 0.15) is 0 Å². The lowest BCUT2D eigenvalue weighted by atomic mass is 10.1. The minimum atomic E-state index is -0.376. The molecule has 0 aromatic carbocycles. The number of likely N-dealkylation sites (N-methyl/N-ethyl adjacent to an activating group) is 1. The first kappa shape index (κ1) is 13.6. The number of carbonyl (C=O) groups excluding carboxylic acids is 1. The Hall–Kier alpha value is -0.810. The molecule has 2 amide bonds. The molecule has 3 atom stereocenters.